The Morgan fingerprint density at radius 1 is 1.50 bits per heavy atom. The van der Waals surface area contributed by atoms with E-state index < -0.39 is 5.97 Å². The van der Waals surface area contributed by atoms with Crippen LogP contribution in [0.15, 0.2) is 12.1 Å². The molecule has 14 heavy (non-hydrogen) atoms. The van der Waals surface area contributed by atoms with Gasteiger partial charge in [-0.3, -0.25) is 0 Å². The van der Waals surface area contributed by atoms with E-state index in [1.165, 1.54) is 0 Å². The summed E-state index contributed by atoms with van der Waals surface area (Å²) in [6, 6.07) is 3.18. The predicted octanol–water partition coefficient (Wildman–Crippen LogP) is 1.68. The lowest BCUT2D eigenvalue weighted by molar-refractivity contribution is 0.0695. The molecule has 1 aliphatic heterocycles. The van der Waals surface area contributed by atoms with Gasteiger partial charge in [-0.2, -0.15) is 0 Å². The lowest BCUT2D eigenvalue weighted by Crippen LogP contribution is -2.02. The molecular weight excluding hydrogens is 184 g/mol. The summed E-state index contributed by atoms with van der Waals surface area (Å²) in [6.45, 7) is 2.06. The topological polar surface area (TPSA) is 55.8 Å². The molecular formula is C10H10O4. The smallest absolute Gasteiger partial charge is 0.336 e. The Bertz CT molecular complexity index is 384. The molecule has 0 bridgehead atoms. The Labute approximate surface area is 81.1 Å². The van der Waals surface area contributed by atoms with Gasteiger partial charge in [0.05, 0.1) is 5.56 Å². The number of carbonyl (C=O) groups is 1. The van der Waals surface area contributed by atoms with Crippen LogP contribution in [-0.2, 0) is 6.42 Å². The van der Waals surface area contributed by atoms with Crippen LogP contribution in [0.2, 0.25) is 0 Å². The molecule has 0 saturated heterocycles. The fraction of sp³-hybridized carbons (Fsp3) is 0.300. The molecule has 0 aromatic heterocycles. The van der Waals surface area contributed by atoms with Crippen molar-refractivity contribution in [1.82, 2.24) is 0 Å². The molecule has 1 aromatic rings. The number of hydrogen-bond acceptors (Lipinski definition) is 3. The highest BCUT2D eigenvalue weighted by molar-refractivity contribution is 5.90. The van der Waals surface area contributed by atoms with Gasteiger partial charge in [0.2, 0.25) is 6.79 Å². The van der Waals surface area contributed by atoms with Crippen molar-refractivity contribution in [2.24, 2.45) is 0 Å². The molecule has 1 aliphatic rings. The van der Waals surface area contributed by atoms with Gasteiger partial charge >= 0.3 is 5.97 Å². The van der Waals surface area contributed by atoms with E-state index in [4.69, 9.17) is 14.6 Å². The molecule has 1 heterocycles. The second kappa shape index (κ2) is 3.21. The molecule has 0 spiro atoms. The van der Waals surface area contributed by atoms with E-state index in [1.807, 2.05) is 6.92 Å². The SMILES string of the molecule is CCc1c(C(=O)O)ccc2c1OCO2. The number of aromatic carboxylic acids is 1. The predicted molar refractivity (Wildman–Crippen MR) is 48.9 cm³/mol. The minimum Gasteiger partial charge on any atom is -0.478 e. The molecule has 1 aromatic carbocycles. The van der Waals surface area contributed by atoms with Crippen molar-refractivity contribution < 1.29 is 19.4 Å². The maximum absolute atomic E-state index is 10.9. The molecule has 0 fully saturated rings. The van der Waals surface area contributed by atoms with E-state index in [0.29, 0.717) is 23.5 Å². The van der Waals surface area contributed by atoms with Gasteiger partial charge in [-0.05, 0) is 18.6 Å². The Hall–Kier alpha value is -1.71. The molecule has 74 valence electrons. The van der Waals surface area contributed by atoms with Crippen LogP contribution < -0.4 is 9.47 Å². The minimum atomic E-state index is -0.930. The summed E-state index contributed by atoms with van der Waals surface area (Å²) in [5, 5.41) is 8.93. The van der Waals surface area contributed by atoms with Crippen LogP contribution in [0.1, 0.15) is 22.8 Å². The number of rotatable bonds is 2. The standard InChI is InChI=1S/C10H10O4/c1-2-6-7(10(11)12)3-4-8-9(6)14-5-13-8/h3-4H,2,5H2,1H3,(H,11,12). The Morgan fingerprint density at radius 3 is 2.93 bits per heavy atom. The first-order valence-corrected chi connectivity index (χ1v) is 4.38. The first-order chi connectivity index (χ1) is 6.74. The lowest BCUT2D eigenvalue weighted by Gasteiger charge is -2.06. The summed E-state index contributed by atoms with van der Waals surface area (Å²) >= 11 is 0. The average Bonchev–Trinajstić information content (AvgIpc) is 2.63. The van der Waals surface area contributed by atoms with Crippen molar-refractivity contribution in [2.75, 3.05) is 6.79 Å². The zero-order valence-corrected chi connectivity index (χ0v) is 7.74. The number of benzene rings is 1. The van der Waals surface area contributed by atoms with Crippen LogP contribution in [0.4, 0.5) is 0 Å². The van der Waals surface area contributed by atoms with Crippen LogP contribution in [0.25, 0.3) is 0 Å². The third kappa shape index (κ3) is 1.19. The van der Waals surface area contributed by atoms with Crippen molar-refractivity contribution in [3.8, 4) is 11.5 Å². The molecule has 4 nitrogen and oxygen atoms in total. The van der Waals surface area contributed by atoms with Gasteiger partial charge in [0.25, 0.3) is 0 Å². The third-order valence-corrected chi connectivity index (χ3v) is 2.23. The van der Waals surface area contributed by atoms with Crippen LogP contribution in [0.5, 0.6) is 11.5 Å². The summed E-state index contributed by atoms with van der Waals surface area (Å²) in [5.41, 5.74) is 0.990. The third-order valence-electron chi connectivity index (χ3n) is 2.23. The van der Waals surface area contributed by atoms with Crippen LogP contribution in [0.3, 0.4) is 0 Å². The monoisotopic (exact) mass is 194 g/mol. The molecule has 0 radical (unpaired) electrons. The van der Waals surface area contributed by atoms with Crippen molar-refractivity contribution in [3.05, 3.63) is 23.3 Å². The van der Waals surface area contributed by atoms with Gasteiger partial charge in [0.15, 0.2) is 11.5 Å². The highest BCUT2D eigenvalue weighted by Gasteiger charge is 2.22. The summed E-state index contributed by atoms with van der Waals surface area (Å²) in [6.07, 6.45) is 0.619. The van der Waals surface area contributed by atoms with Gasteiger partial charge in [-0.1, -0.05) is 6.92 Å². The number of fused-ring (bicyclic) bond motifs is 1. The van der Waals surface area contributed by atoms with Crippen molar-refractivity contribution in [1.29, 1.82) is 0 Å². The molecule has 0 amide bonds. The van der Waals surface area contributed by atoms with E-state index in [-0.39, 0.29) is 12.4 Å². The van der Waals surface area contributed by atoms with Crippen LogP contribution >= 0.6 is 0 Å². The highest BCUT2D eigenvalue weighted by Crippen LogP contribution is 2.37. The van der Waals surface area contributed by atoms with Crippen molar-refractivity contribution >= 4 is 5.97 Å². The quantitative estimate of drug-likeness (QED) is 0.778. The second-order valence-electron chi connectivity index (χ2n) is 2.98. The molecule has 0 saturated carbocycles. The molecule has 1 N–H and O–H groups in total. The van der Waals surface area contributed by atoms with E-state index in [9.17, 15) is 4.79 Å². The van der Waals surface area contributed by atoms with Gasteiger partial charge in [0.1, 0.15) is 0 Å². The van der Waals surface area contributed by atoms with Crippen LogP contribution in [0, 0.1) is 0 Å². The average molecular weight is 194 g/mol. The van der Waals surface area contributed by atoms with Gasteiger partial charge in [-0.25, -0.2) is 4.79 Å². The zero-order valence-electron chi connectivity index (χ0n) is 7.74. The lowest BCUT2D eigenvalue weighted by atomic mass is 10.0. The fourth-order valence-corrected chi connectivity index (χ4v) is 1.58. The maximum atomic E-state index is 10.9. The summed E-state index contributed by atoms with van der Waals surface area (Å²) in [4.78, 5) is 10.9. The second-order valence-corrected chi connectivity index (χ2v) is 2.98. The maximum Gasteiger partial charge on any atom is 0.336 e. The highest BCUT2D eigenvalue weighted by atomic mass is 16.7. The minimum absolute atomic E-state index is 0.172. The number of ether oxygens (including phenoxy) is 2. The van der Waals surface area contributed by atoms with Crippen molar-refractivity contribution in [3.63, 3.8) is 0 Å². The largest absolute Gasteiger partial charge is 0.478 e. The van der Waals surface area contributed by atoms with Gasteiger partial charge < -0.3 is 14.6 Å². The summed E-state index contributed by atoms with van der Waals surface area (Å²) in [7, 11) is 0. The molecule has 2 rings (SSSR count). The fourth-order valence-electron chi connectivity index (χ4n) is 1.58. The van der Waals surface area contributed by atoms with E-state index in [2.05, 4.69) is 0 Å². The summed E-state index contributed by atoms with van der Waals surface area (Å²) < 4.78 is 10.4. The normalized spacial score (nSPS) is 12.9. The first kappa shape index (κ1) is 8.87. The zero-order chi connectivity index (χ0) is 10.1. The molecule has 0 aliphatic carbocycles. The number of hydrogen-bond donors (Lipinski definition) is 1. The van der Waals surface area contributed by atoms with Gasteiger partial charge in [-0.15, -0.1) is 0 Å². The molecule has 4 heteroatoms. The van der Waals surface area contributed by atoms with Gasteiger partial charge in [0, 0.05) is 5.56 Å². The Balaban J connectivity index is 2.59. The molecule has 0 atom stereocenters. The number of carboxylic acid groups (broad SMARTS) is 1. The van der Waals surface area contributed by atoms with E-state index >= 15 is 0 Å². The van der Waals surface area contributed by atoms with E-state index in [0.717, 1.165) is 0 Å². The van der Waals surface area contributed by atoms with E-state index in [1.54, 1.807) is 12.1 Å². The summed E-state index contributed by atoms with van der Waals surface area (Å²) in [5.74, 6) is 0.277. The Morgan fingerprint density at radius 2 is 2.29 bits per heavy atom. The van der Waals surface area contributed by atoms with Crippen LogP contribution in [-0.4, -0.2) is 17.9 Å². The number of carboxylic acids is 1. The molecule has 0 unspecified atom stereocenters. The Kier molecular flexibility index (Phi) is 2.04. The first-order valence-electron chi connectivity index (χ1n) is 4.38. The van der Waals surface area contributed by atoms with Crippen molar-refractivity contribution in [2.45, 2.75) is 13.3 Å².